The van der Waals surface area contributed by atoms with Crippen LogP contribution in [0.15, 0.2) is 36.5 Å². The molecular formula is C15H17ClN2O2. The standard InChI is InChI=1S/C15H17ClN2O2/c1-10(18-11-4-7-15(16)17-9-11)13-8-12(19-2)5-6-14(13)20-3/h4-10,18H,1-3H3. The summed E-state index contributed by atoms with van der Waals surface area (Å²) in [5, 5.41) is 3.83. The fraction of sp³-hybridized carbons (Fsp3) is 0.267. The summed E-state index contributed by atoms with van der Waals surface area (Å²) in [6.07, 6.45) is 1.70. The van der Waals surface area contributed by atoms with Crippen molar-refractivity contribution in [3.63, 3.8) is 0 Å². The third-order valence-corrected chi connectivity index (χ3v) is 3.24. The molecule has 106 valence electrons. The largest absolute Gasteiger partial charge is 0.497 e. The highest BCUT2D eigenvalue weighted by atomic mass is 35.5. The molecule has 0 fully saturated rings. The first-order valence-corrected chi connectivity index (χ1v) is 6.62. The average Bonchev–Trinajstić information content (AvgIpc) is 2.48. The van der Waals surface area contributed by atoms with E-state index in [9.17, 15) is 0 Å². The van der Waals surface area contributed by atoms with Crippen molar-refractivity contribution in [1.82, 2.24) is 4.98 Å². The molecule has 0 aliphatic carbocycles. The van der Waals surface area contributed by atoms with E-state index in [1.54, 1.807) is 26.5 Å². The lowest BCUT2D eigenvalue weighted by Gasteiger charge is -2.19. The number of benzene rings is 1. The van der Waals surface area contributed by atoms with Crippen LogP contribution in [0.1, 0.15) is 18.5 Å². The van der Waals surface area contributed by atoms with Crippen LogP contribution >= 0.6 is 11.6 Å². The lowest BCUT2D eigenvalue weighted by molar-refractivity contribution is 0.397. The maximum absolute atomic E-state index is 5.78. The zero-order valence-electron chi connectivity index (χ0n) is 11.7. The van der Waals surface area contributed by atoms with Gasteiger partial charge in [0.05, 0.1) is 32.1 Å². The number of ether oxygens (including phenoxy) is 2. The van der Waals surface area contributed by atoms with Crippen LogP contribution in [0.25, 0.3) is 0 Å². The molecule has 1 aromatic heterocycles. The van der Waals surface area contributed by atoms with E-state index in [1.807, 2.05) is 31.2 Å². The molecule has 0 amide bonds. The summed E-state index contributed by atoms with van der Waals surface area (Å²) >= 11 is 5.78. The van der Waals surface area contributed by atoms with Gasteiger partial charge in [-0.15, -0.1) is 0 Å². The second-order valence-electron chi connectivity index (χ2n) is 4.34. The van der Waals surface area contributed by atoms with E-state index in [-0.39, 0.29) is 6.04 Å². The molecule has 0 radical (unpaired) electrons. The maximum Gasteiger partial charge on any atom is 0.129 e. The molecule has 2 rings (SSSR count). The number of hydrogen-bond donors (Lipinski definition) is 1. The van der Waals surface area contributed by atoms with Gasteiger partial charge in [0.1, 0.15) is 16.7 Å². The highest BCUT2D eigenvalue weighted by Gasteiger charge is 2.13. The lowest BCUT2D eigenvalue weighted by Crippen LogP contribution is -2.08. The van der Waals surface area contributed by atoms with Crippen LogP contribution in [-0.4, -0.2) is 19.2 Å². The molecule has 5 heteroatoms. The van der Waals surface area contributed by atoms with Crippen LogP contribution < -0.4 is 14.8 Å². The SMILES string of the molecule is COc1ccc(OC)c(C(C)Nc2ccc(Cl)nc2)c1. The Morgan fingerprint density at radius 3 is 2.55 bits per heavy atom. The first-order chi connectivity index (χ1) is 9.63. The van der Waals surface area contributed by atoms with Crippen molar-refractivity contribution >= 4 is 17.3 Å². The first-order valence-electron chi connectivity index (χ1n) is 6.24. The molecule has 0 aliphatic rings. The predicted molar refractivity (Wildman–Crippen MR) is 80.8 cm³/mol. The Balaban J connectivity index is 2.23. The van der Waals surface area contributed by atoms with E-state index in [2.05, 4.69) is 10.3 Å². The van der Waals surface area contributed by atoms with E-state index < -0.39 is 0 Å². The first kappa shape index (κ1) is 14.5. The highest BCUT2D eigenvalue weighted by Crippen LogP contribution is 2.31. The van der Waals surface area contributed by atoms with Crippen molar-refractivity contribution in [2.75, 3.05) is 19.5 Å². The van der Waals surface area contributed by atoms with Gasteiger partial charge in [0, 0.05) is 5.56 Å². The van der Waals surface area contributed by atoms with Crippen molar-refractivity contribution in [2.45, 2.75) is 13.0 Å². The summed E-state index contributed by atoms with van der Waals surface area (Å²) in [6, 6.07) is 9.41. The minimum atomic E-state index is 0.0445. The van der Waals surface area contributed by atoms with Gasteiger partial charge in [-0.25, -0.2) is 4.98 Å². The number of halogens is 1. The van der Waals surface area contributed by atoms with Crippen molar-refractivity contribution in [1.29, 1.82) is 0 Å². The Labute approximate surface area is 123 Å². The third kappa shape index (κ3) is 3.33. The van der Waals surface area contributed by atoms with Crippen LogP contribution in [0, 0.1) is 0 Å². The Morgan fingerprint density at radius 1 is 1.15 bits per heavy atom. The maximum atomic E-state index is 5.78. The number of nitrogens with one attached hydrogen (secondary N) is 1. The average molecular weight is 293 g/mol. The second kappa shape index (κ2) is 6.48. The number of nitrogens with zero attached hydrogens (tertiary/aromatic N) is 1. The molecule has 1 aromatic carbocycles. The van der Waals surface area contributed by atoms with Crippen molar-refractivity contribution in [3.8, 4) is 11.5 Å². The molecule has 0 saturated carbocycles. The minimum absolute atomic E-state index is 0.0445. The van der Waals surface area contributed by atoms with E-state index >= 15 is 0 Å². The van der Waals surface area contributed by atoms with E-state index in [4.69, 9.17) is 21.1 Å². The van der Waals surface area contributed by atoms with Crippen LogP contribution in [0.5, 0.6) is 11.5 Å². The van der Waals surface area contributed by atoms with Crippen molar-refractivity contribution in [2.24, 2.45) is 0 Å². The number of rotatable bonds is 5. The molecule has 1 unspecified atom stereocenters. The molecular weight excluding hydrogens is 276 g/mol. The van der Waals surface area contributed by atoms with Gasteiger partial charge in [-0.1, -0.05) is 11.6 Å². The summed E-state index contributed by atoms with van der Waals surface area (Å²) in [4.78, 5) is 4.05. The highest BCUT2D eigenvalue weighted by molar-refractivity contribution is 6.29. The molecule has 0 aliphatic heterocycles. The Kier molecular flexibility index (Phi) is 4.69. The summed E-state index contributed by atoms with van der Waals surface area (Å²) in [5.41, 5.74) is 1.91. The molecule has 0 spiro atoms. The normalized spacial score (nSPS) is 11.8. The number of aromatic nitrogens is 1. The van der Waals surface area contributed by atoms with Gasteiger partial charge >= 0.3 is 0 Å². The van der Waals surface area contributed by atoms with Crippen molar-refractivity contribution in [3.05, 3.63) is 47.2 Å². The minimum Gasteiger partial charge on any atom is -0.497 e. The Bertz CT molecular complexity index is 573. The Morgan fingerprint density at radius 2 is 1.95 bits per heavy atom. The molecule has 1 atom stereocenters. The van der Waals surface area contributed by atoms with Crippen LogP contribution in [0.2, 0.25) is 5.15 Å². The molecule has 1 N–H and O–H groups in total. The molecule has 2 aromatic rings. The van der Waals surface area contributed by atoms with Crippen LogP contribution in [0.4, 0.5) is 5.69 Å². The fourth-order valence-electron chi connectivity index (χ4n) is 1.97. The number of hydrogen-bond acceptors (Lipinski definition) is 4. The lowest BCUT2D eigenvalue weighted by atomic mass is 10.1. The van der Waals surface area contributed by atoms with E-state index in [1.165, 1.54) is 0 Å². The van der Waals surface area contributed by atoms with Crippen LogP contribution in [0.3, 0.4) is 0 Å². The fourth-order valence-corrected chi connectivity index (χ4v) is 2.08. The number of anilines is 1. The van der Waals surface area contributed by atoms with Gasteiger partial charge in [-0.05, 0) is 37.3 Å². The Hall–Kier alpha value is -1.94. The quantitative estimate of drug-likeness (QED) is 0.848. The second-order valence-corrected chi connectivity index (χ2v) is 4.73. The zero-order valence-corrected chi connectivity index (χ0v) is 12.4. The number of methoxy groups -OCH3 is 2. The van der Waals surface area contributed by atoms with E-state index in [0.29, 0.717) is 5.15 Å². The van der Waals surface area contributed by atoms with Gasteiger partial charge in [0.2, 0.25) is 0 Å². The topological polar surface area (TPSA) is 43.4 Å². The van der Waals surface area contributed by atoms with Gasteiger partial charge in [-0.2, -0.15) is 0 Å². The summed E-state index contributed by atoms with van der Waals surface area (Å²) < 4.78 is 10.6. The molecule has 1 heterocycles. The summed E-state index contributed by atoms with van der Waals surface area (Å²) in [5.74, 6) is 1.61. The summed E-state index contributed by atoms with van der Waals surface area (Å²) in [6.45, 7) is 2.05. The van der Waals surface area contributed by atoms with Gasteiger partial charge in [-0.3, -0.25) is 0 Å². The van der Waals surface area contributed by atoms with Gasteiger partial charge < -0.3 is 14.8 Å². The van der Waals surface area contributed by atoms with Crippen LogP contribution in [-0.2, 0) is 0 Å². The van der Waals surface area contributed by atoms with Gasteiger partial charge in [0.15, 0.2) is 0 Å². The predicted octanol–water partition coefficient (Wildman–Crippen LogP) is 3.93. The van der Waals surface area contributed by atoms with E-state index in [0.717, 1.165) is 22.7 Å². The summed E-state index contributed by atoms with van der Waals surface area (Å²) in [7, 11) is 3.30. The molecule has 0 saturated heterocycles. The zero-order chi connectivity index (χ0) is 14.5. The van der Waals surface area contributed by atoms with Gasteiger partial charge in [0.25, 0.3) is 0 Å². The molecule has 0 bridgehead atoms. The molecule has 20 heavy (non-hydrogen) atoms. The third-order valence-electron chi connectivity index (χ3n) is 3.01. The smallest absolute Gasteiger partial charge is 0.129 e. The number of pyridine rings is 1. The molecule has 4 nitrogen and oxygen atoms in total. The monoisotopic (exact) mass is 292 g/mol. The van der Waals surface area contributed by atoms with Crippen molar-refractivity contribution < 1.29 is 9.47 Å².